The molecule has 0 radical (unpaired) electrons. The second-order valence-corrected chi connectivity index (χ2v) is 5.48. The molecule has 1 aromatic rings. The van der Waals surface area contributed by atoms with Gasteiger partial charge >= 0.3 is 12.1 Å². The number of aromatic carboxylic acids is 1. The molecule has 0 aliphatic heterocycles. The summed E-state index contributed by atoms with van der Waals surface area (Å²) >= 11 is 0. The molecule has 0 spiro atoms. The lowest BCUT2D eigenvalue weighted by molar-refractivity contribution is -0.138. The fraction of sp³-hybridized carbons (Fsp3) is 0.316. The second kappa shape index (κ2) is 10.4. The van der Waals surface area contributed by atoms with Gasteiger partial charge in [0.25, 0.3) is 0 Å². The Labute approximate surface area is 154 Å². The van der Waals surface area contributed by atoms with Gasteiger partial charge in [0, 0.05) is 6.54 Å². The van der Waals surface area contributed by atoms with Crippen molar-refractivity contribution in [2.24, 2.45) is 0 Å². The van der Waals surface area contributed by atoms with Gasteiger partial charge in [-0.15, -0.1) is 0 Å². The van der Waals surface area contributed by atoms with Crippen molar-refractivity contribution in [1.82, 2.24) is 0 Å². The van der Waals surface area contributed by atoms with Gasteiger partial charge in [0.1, 0.15) is 18.0 Å². The molecule has 0 atom stereocenters. The minimum absolute atomic E-state index is 0.0776. The van der Waals surface area contributed by atoms with E-state index in [1.807, 2.05) is 6.92 Å². The summed E-state index contributed by atoms with van der Waals surface area (Å²) in [5.41, 5.74) is -1.80. The minimum Gasteiger partial charge on any atom is -0.487 e. The van der Waals surface area contributed by atoms with E-state index in [9.17, 15) is 22.4 Å². The van der Waals surface area contributed by atoms with Gasteiger partial charge in [-0.1, -0.05) is 26.0 Å². The lowest BCUT2D eigenvalue weighted by atomic mass is 10.1. The molecule has 0 bridgehead atoms. The lowest BCUT2D eigenvalue weighted by Crippen LogP contribution is -2.14. The highest BCUT2D eigenvalue weighted by atomic mass is 19.4. The highest BCUT2D eigenvalue weighted by Gasteiger charge is 2.37. The van der Waals surface area contributed by atoms with Crippen LogP contribution >= 0.6 is 0 Å². The average Bonchev–Trinajstić information content (AvgIpc) is 2.58. The Hall–Kier alpha value is -2.77. The first-order chi connectivity index (χ1) is 12.7. The van der Waals surface area contributed by atoms with Crippen LogP contribution in [0, 0.1) is 0 Å². The van der Waals surface area contributed by atoms with Gasteiger partial charge in [-0.2, -0.15) is 13.2 Å². The predicted octanol–water partition coefficient (Wildman–Crippen LogP) is 5.59. The number of allylic oxidation sites excluding steroid dienone is 4. The summed E-state index contributed by atoms with van der Waals surface area (Å²) in [6, 6.07) is 1.61. The number of hydrogen-bond donors (Lipinski definition) is 2. The van der Waals surface area contributed by atoms with E-state index in [4.69, 9.17) is 9.84 Å². The van der Waals surface area contributed by atoms with Crippen LogP contribution in [0.2, 0.25) is 0 Å². The number of carboxylic acid groups (broad SMARTS) is 1. The Bertz CT molecular complexity index is 724. The second-order valence-electron chi connectivity index (χ2n) is 5.48. The average molecular weight is 387 g/mol. The Kier molecular flexibility index (Phi) is 8.58. The third-order valence-electron chi connectivity index (χ3n) is 3.37. The van der Waals surface area contributed by atoms with Crippen molar-refractivity contribution in [3.05, 3.63) is 60.0 Å². The fourth-order valence-corrected chi connectivity index (χ4v) is 2.11. The third-order valence-corrected chi connectivity index (χ3v) is 3.37. The number of alkyl halides is 3. The maximum atomic E-state index is 13.4. The van der Waals surface area contributed by atoms with Gasteiger partial charge in [-0.05, 0) is 36.8 Å². The summed E-state index contributed by atoms with van der Waals surface area (Å²) in [4.78, 5) is 11.2. The van der Waals surface area contributed by atoms with Crippen LogP contribution in [0.15, 0.2) is 48.8 Å². The van der Waals surface area contributed by atoms with E-state index in [2.05, 4.69) is 11.9 Å². The summed E-state index contributed by atoms with van der Waals surface area (Å²) in [5, 5.41) is 11.9. The van der Waals surface area contributed by atoms with Crippen molar-refractivity contribution in [1.29, 1.82) is 0 Å². The van der Waals surface area contributed by atoms with Gasteiger partial charge in [0.15, 0.2) is 5.75 Å². The Balaban J connectivity index is 3.24. The largest absolute Gasteiger partial charge is 0.487 e. The number of carboxylic acids is 1. The third kappa shape index (κ3) is 7.16. The maximum absolute atomic E-state index is 13.4. The lowest BCUT2D eigenvalue weighted by Gasteiger charge is -2.19. The summed E-state index contributed by atoms with van der Waals surface area (Å²) in [5.74, 6) is -2.64. The molecule has 4 nitrogen and oxygen atoms in total. The molecule has 0 aliphatic rings. The standard InChI is InChI=1S/C19H21F4NO3/c1-3-5-9-24-16-12-13(18(25)26)11-15(19(21,22)23)17(16)27-10-6-8-14(20)7-4-2/h4,6-8,11-12,24H,2-3,5,9-10H2,1H3,(H,25,26). The Morgan fingerprint density at radius 3 is 2.63 bits per heavy atom. The van der Waals surface area contributed by atoms with Crippen LogP contribution in [0.1, 0.15) is 35.7 Å². The number of unbranched alkanes of at least 4 members (excludes halogenated alkanes) is 1. The van der Waals surface area contributed by atoms with Crippen LogP contribution in [-0.4, -0.2) is 24.2 Å². The number of nitrogens with one attached hydrogen (secondary N) is 1. The zero-order chi connectivity index (χ0) is 20.4. The zero-order valence-electron chi connectivity index (χ0n) is 14.8. The minimum atomic E-state index is -4.82. The van der Waals surface area contributed by atoms with Crippen molar-refractivity contribution in [2.45, 2.75) is 25.9 Å². The molecule has 0 fully saturated rings. The molecule has 0 saturated heterocycles. The first-order valence-corrected chi connectivity index (χ1v) is 8.20. The van der Waals surface area contributed by atoms with E-state index in [1.165, 1.54) is 12.2 Å². The molecule has 27 heavy (non-hydrogen) atoms. The van der Waals surface area contributed by atoms with Crippen LogP contribution in [0.25, 0.3) is 0 Å². The van der Waals surface area contributed by atoms with Crippen LogP contribution in [0.5, 0.6) is 5.75 Å². The first-order valence-electron chi connectivity index (χ1n) is 8.20. The molecule has 1 aromatic carbocycles. The topological polar surface area (TPSA) is 58.6 Å². The highest BCUT2D eigenvalue weighted by Crippen LogP contribution is 2.41. The smallest absolute Gasteiger partial charge is 0.420 e. The van der Waals surface area contributed by atoms with Crippen LogP contribution in [0.4, 0.5) is 23.2 Å². The fourth-order valence-electron chi connectivity index (χ4n) is 2.11. The van der Waals surface area contributed by atoms with E-state index in [1.54, 1.807) is 0 Å². The molecule has 0 heterocycles. The summed E-state index contributed by atoms with van der Waals surface area (Å²) in [6.07, 6.45) is 1.20. The van der Waals surface area contributed by atoms with Crippen molar-refractivity contribution in [3.8, 4) is 5.75 Å². The number of benzene rings is 1. The van der Waals surface area contributed by atoms with Crippen molar-refractivity contribution in [3.63, 3.8) is 0 Å². The maximum Gasteiger partial charge on any atom is 0.420 e. The molecule has 0 saturated carbocycles. The van der Waals surface area contributed by atoms with E-state index in [-0.39, 0.29) is 12.3 Å². The molecule has 148 valence electrons. The summed E-state index contributed by atoms with van der Waals surface area (Å²) in [6.45, 7) is 5.24. The number of hydrogen-bond acceptors (Lipinski definition) is 3. The van der Waals surface area contributed by atoms with Crippen LogP contribution < -0.4 is 10.1 Å². The van der Waals surface area contributed by atoms with E-state index in [0.717, 1.165) is 24.6 Å². The summed E-state index contributed by atoms with van der Waals surface area (Å²) in [7, 11) is 0. The number of rotatable bonds is 10. The summed E-state index contributed by atoms with van der Waals surface area (Å²) < 4.78 is 58.6. The van der Waals surface area contributed by atoms with Crippen molar-refractivity contribution >= 4 is 11.7 Å². The Morgan fingerprint density at radius 2 is 2.07 bits per heavy atom. The molecule has 2 N–H and O–H groups in total. The van der Waals surface area contributed by atoms with Gasteiger partial charge in [0.2, 0.25) is 0 Å². The van der Waals surface area contributed by atoms with Gasteiger partial charge < -0.3 is 15.2 Å². The molecular weight excluding hydrogens is 366 g/mol. The van der Waals surface area contributed by atoms with Crippen molar-refractivity contribution < 1.29 is 32.2 Å². The van der Waals surface area contributed by atoms with Crippen molar-refractivity contribution in [2.75, 3.05) is 18.5 Å². The molecular formula is C19H21F4NO3. The predicted molar refractivity (Wildman–Crippen MR) is 95.8 cm³/mol. The Morgan fingerprint density at radius 1 is 1.37 bits per heavy atom. The van der Waals surface area contributed by atoms with Gasteiger partial charge in [-0.3, -0.25) is 0 Å². The quantitative estimate of drug-likeness (QED) is 0.312. The first kappa shape index (κ1) is 22.3. The monoisotopic (exact) mass is 387 g/mol. The number of carbonyl (C=O) groups is 1. The molecule has 8 heteroatoms. The van der Waals surface area contributed by atoms with Gasteiger partial charge in [0.05, 0.1) is 11.3 Å². The number of halogens is 4. The number of ether oxygens (including phenoxy) is 1. The number of anilines is 1. The molecule has 0 aliphatic carbocycles. The van der Waals surface area contributed by atoms with E-state index >= 15 is 0 Å². The van der Waals surface area contributed by atoms with Crippen LogP contribution in [-0.2, 0) is 6.18 Å². The molecule has 1 rings (SSSR count). The highest BCUT2D eigenvalue weighted by molar-refractivity contribution is 5.90. The SMILES string of the molecule is C=CC=C(F)C=CCOc1c(NCCCC)cc(C(=O)O)cc1C(F)(F)F. The van der Waals surface area contributed by atoms with E-state index in [0.29, 0.717) is 19.0 Å². The molecule has 0 amide bonds. The van der Waals surface area contributed by atoms with Crippen LogP contribution in [0.3, 0.4) is 0 Å². The normalized spacial score (nSPS) is 12.3. The van der Waals surface area contributed by atoms with E-state index < -0.39 is 34.8 Å². The molecule has 0 unspecified atom stereocenters. The zero-order valence-corrected chi connectivity index (χ0v) is 14.8. The molecule has 0 aromatic heterocycles. The van der Waals surface area contributed by atoms with Gasteiger partial charge in [-0.25, -0.2) is 9.18 Å².